The second-order valence-corrected chi connectivity index (χ2v) is 5.97. The number of urea groups is 1. The number of aromatic amines is 1. The molecule has 0 radical (unpaired) electrons. The molecular weight excluding hydrogens is 306 g/mol. The van der Waals surface area contributed by atoms with Gasteiger partial charge in [-0.05, 0) is 24.5 Å². The van der Waals surface area contributed by atoms with E-state index in [1.54, 1.807) is 0 Å². The second kappa shape index (κ2) is 8.33. The molecule has 0 aliphatic rings. The van der Waals surface area contributed by atoms with Crippen molar-refractivity contribution in [2.24, 2.45) is 11.7 Å². The molecule has 2 rings (SSSR count). The minimum absolute atomic E-state index is 0.0212. The SMILES string of the molecule is CC[C@H](C)[C@@H](NC(N)=O)C(=O)NCCCc1nc2ccccc2[nH]1. The normalized spacial score (nSPS) is 13.4. The molecule has 0 aliphatic carbocycles. The van der Waals surface area contributed by atoms with Crippen molar-refractivity contribution in [1.29, 1.82) is 0 Å². The first kappa shape index (κ1) is 17.8. The summed E-state index contributed by atoms with van der Waals surface area (Å²) in [5, 5.41) is 5.37. The average molecular weight is 331 g/mol. The Labute approximate surface area is 141 Å². The molecule has 0 bridgehead atoms. The molecule has 7 nitrogen and oxygen atoms in total. The van der Waals surface area contributed by atoms with Crippen LogP contribution in [0.15, 0.2) is 24.3 Å². The summed E-state index contributed by atoms with van der Waals surface area (Å²) in [5.41, 5.74) is 7.11. The largest absolute Gasteiger partial charge is 0.354 e. The molecular formula is C17H25N5O2. The first-order valence-electron chi connectivity index (χ1n) is 8.28. The fourth-order valence-corrected chi connectivity index (χ4v) is 2.56. The number of amides is 3. The number of nitrogens with zero attached hydrogens (tertiary/aromatic N) is 1. The van der Waals surface area contributed by atoms with Crippen molar-refractivity contribution < 1.29 is 9.59 Å². The van der Waals surface area contributed by atoms with E-state index in [1.807, 2.05) is 38.1 Å². The van der Waals surface area contributed by atoms with Crippen molar-refractivity contribution in [1.82, 2.24) is 20.6 Å². The second-order valence-electron chi connectivity index (χ2n) is 5.97. The molecule has 130 valence electrons. The lowest BCUT2D eigenvalue weighted by molar-refractivity contribution is -0.124. The fourth-order valence-electron chi connectivity index (χ4n) is 2.56. The van der Waals surface area contributed by atoms with Crippen molar-refractivity contribution in [3.8, 4) is 0 Å². The Kier molecular flexibility index (Phi) is 6.17. The average Bonchev–Trinajstić information content (AvgIpc) is 2.98. The number of nitrogens with one attached hydrogen (secondary N) is 3. The molecule has 0 unspecified atom stereocenters. The Balaban J connectivity index is 1.81. The van der Waals surface area contributed by atoms with E-state index in [9.17, 15) is 9.59 Å². The summed E-state index contributed by atoms with van der Waals surface area (Å²) < 4.78 is 0. The van der Waals surface area contributed by atoms with E-state index in [0.29, 0.717) is 6.54 Å². The van der Waals surface area contributed by atoms with Gasteiger partial charge in [0.25, 0.3) is 0 Å². The number of fused-ring (bicyclic) bond motifs is 1. The molecule has 2 aromatic rings. The van der Waals surface area contributed by atoms with Crippen LogP contribution in [0, 0.1) is 5.92 Å². The van der Waals surface area contributed by atoms with Crippen LogP contribution in [0.3, 0.4) is 0 Å². The van der Waals surface area contributed by atoms with Crippen LogP contribution in [-0.2, 0) is 11.2 Å². The van der Waals surface area contributed by atoms with Crippen LogP contribution in [0.2, 0.25) is 0 Å². The first-order chi connectivity index (χ1) is 11.5. The number of rotatable bonds is 8. The Morgan fingerprint density at radius 1 is 1.33 bits per heavy atom. The van der Waals surface area contributed by atoms with Gasteiger partial charge in [-0.3, -0.25) is 4.79 Å². The zero-order valence-corrected chi connectivity index (χ0v) is 14.1. The van der Waals surface area contributed by atoms with Gasteiger partial charge in [-0.2, -0.15) is 0 Å². The van der Waals surface area contributed by atoms with Crippen LogP contribution in [-0.4, -0.2) is 34.5 Å². The quantitative estimate of drug-likeness (QED) is 0.552. The van der Waals surface area contributed by atoms with Gasteiger partial charge in [-0.15, -0.1) is 0 Å². The highest BCUT2D eigenvalue weighted by atomic mass is 16.2. The predicted octanol–water partition coefficient (Wildman–Crippen LogP) is 1.69. The lowest BCUT2D eigenvalue weighted by Gasteiger charge is -2.22. The Bertz CT molecular complexity index is 664. The topological polar surface area (TPSA) is 113 Å². The summed E-state index contributed by atoms with van der Waals surface area (Å²) in [6.45, 7) is 4.40. The minimum atomic E-state index is -0.683. The van der Waals surface area contributed by atoms with E-state index in [4.69, 9.17) is 5.73 Å². The molecule has 1 heterocycles. The highest BCUT2D eigenvalue weighted by Crippen LogP contribution is 2.11. The van der Waals surface area contributed by atoms with Crippen LogP contribution in [0.1, 0.15) is 32.5 Å². The zero-order valence-electron chi connectivity index (χ0n) is 14.1. The predicted molar refractivity (Wildman–Crippen MR) is 93.4 cm³/mol. The molecule has 0 saturated heterocycles. The number of aromatic nitrogens is 2. The number of aryl methyl sites for hydroxylation is 1. The van der Waals surface area contributed by atoms with Crippen molar-refractivity contribution in [3.63, 3.8) is 0 Å². The summed E-state index contributed by atoms with van der Waals surface area (Å²) in [6, 6.07) is 6.58. The maximum Gasteiger partial charge on any atom is 0.312 e. The van der Waals surface area contributed by atoms with E-state index in [2.05, 4.69) is 20.6 Å². The third-order valence-electron chi connectivity index (χ3n) is 4.12. The molecule has 1 aromatic carbocycles. The van der Waals surface area contributed by atoms with Gasteiger partial charge in [0.1, 0.15) is 11.9 Å². The molecule has 5 N–H and O–H groups in total. The third kappa shape index (κ3) is 4.71. The van der Waals surface area contributed by atoms with Gasteiger partial charge in [-0.1, -0.05) is 32.4 Å². The fraction of sp³-hybridized carbons (Fsp3) is 0.471. The van der Waals surface area contributed by atoms with Crippen molar-refractivity contribution in [2.75, 3.05) is 6.54 Å². The number of primary amides is 1. The summed E-state index contributed by atoms with van der Waals surface area (Å²) in [4.78, 5) is 31.0. The van der Waals surface area contributed by atoms with Crippen molar-refractivity contribution in [3.05, 3.63) is 30.1 Å². The van der Waals surface area contributed by atoms with Gasteiger partial charge in [0.15, 0.2) is 0 Å². The van der Waals surface area contributed by atoms with E-state index in [0.717, 1.165) is 36.1 Å². The molecule has 24 heavy (non-hydrogen) atoms. The summed E-state index contributed by atoms with van der Waals surface area (Å²) in [7, 11) is 0. The highest BCUT2D eigenvalue weighted by molar-refractivity contribution is 5.86. The van der Waals surface area contributed by atoms with Crippen molar-refractivity contribution >= 4 is 23.0 Å². The lowest BCUT2D eigenvalue weighted by Crippen LogP contribution is -2.51. The van der Waals surface area contributed by atoms with Gasteiger partial charge in [0.05, 0.1) is 11.0 Å². The number of carbonyl (C=O) groups is 2. The monoisotopic (exact) mass is 331 g/mol. The third-order valence-corrected chi connectivity index (χ3v) is 4.12. The molecule has 2 atom stereocenters. The highest BCUT2D eigenvalue weighted by Gasteiger charge is 2.24. The van der Waals surface area contributed by atoms with Gasteiger partial charge >= 0.3 is 6.03 Å². The molecule has 1 aromatic heterocycles. The van der Waals surface area contributed by atoms with E-state index in [-0.39, 0.29) is 11.8 Å². The summed E-state index contributed by atoms with van der Waals surface area (Å²) >= 11 is 0. The standard InChI is InChI=1S/C17H25N5O2/c1-3-11(2)15(22-17(18)24)16(23)19-10-6-9-14-20-12-7-4-5-8-13(12)21-14/h4-5,7-8,11,15H,3,6,9-10H2,1-2H3,(H,19,23)(H,20,21)(H3,18,22,24)/t11-,15+/m0/s1. The number of para-hydroxylation sites is 2. The van der Waals surface area contributed by atoms with Crippen LogP contribution >= 0.6 is 0 Å². The number of imidazole rings is 1. The van der Waals surface area contributed by atoms with E-state index < -0.39 is 12.1 Å². The number of nitrogens with two attached hydrogens (primary N) is 1. The molecule has 0 saturated carbocycles. The van der Waals surface area contributed by atoms with Crippen LogP contribution in [0.4, 0.5) is 4.79 Å². The number of hydrogen-bond acceptors (Lipinski definition) is 3. The smallest absolute Gasteiger partial charge is 0.312 e. The Morgan fingerprint density at radius 3 is 2.75 bits per heavy atom. The minimum Gasteiger partial charge on any atom is -0.354 e. The molecule has 0 spiro atoms. The number of carbonyl (C=O) groups excluding carboxylic acids is 2. The molecule has 0 fully saturated rings. The number of H-pyrrole nitrogens is 1. The van der Waals surface area contributed by atoms with Crippen LogP contribution < -0.4 is 16.4 Å². The maximum atomic E-state index is 12.2. The Morgan fingerprint density at radius 2 is 2.08 bits per heavy atom. The molecule has 7 heteroatoms. The van der Waals surface area contributed by atoms with Gasteiger partial charge < -0.3 is 21.4 Å². The summed E-state index contributed by atoms with van der Waals surface area (Å²) in [6.07, 6.45) is 2.28. The number of benzene rings is 1. The Hall–Kier alpha value is -2.57. The van der Waals surface area contributed by atoms with Crippen LogP contribution in [0.25, 0.3) is 11.0 Å². The van der Waals surface area contributed by atoms with Gasteiger partial charge in [-0.25, -0.2) is 9.78 Å². The first-order valence-corrected chi connectivity index (χ1v) is 8.28. The number of hydrogen-bond donors (Lipinski definition) is 4. The zero-order chi connectivity index (χ0) is 17.5. The summed E-state index contributed by atoms with van der Waals surface area (Å²) in [5.74, 6) is 0.722. The van der Waals surface area contributed by atoms with Crippen molar-refractivity contribution in [2.45, 2.75) is 39.2 Å². The van der Waals surface area contributed by atoms with Gasteiger partial charge in [0, 0.05) is 13.0 Å². The molecule has 0 aliphatic heterocycles. The van der Waals surface area contributed by atoms with Crippen LogP contribution in [0.5, 0.6) is 0 Å². The van der Waals surface area contributed by atoms with E-state index >= 15 is 0 Å². The van der Waals surface area contributed by atoms with E-state index in [1.165, 1.54) is 0 Å². The lowest BCUT2D eigenvalue weighted by atomic mass is 9.98. The van der Waals surface area contributed by atoms with Gasteiger partial charge in [0.2, 0.25) is 5.91 Å². The maximum absolute atomic E-state index is 12.2. The molecule has 3 amide bonds.